The molecule has 1 atom stereocenters. The molecular formula is C13H17NO2. The molecule has 3 nitrogen and oxygen atoms in total. The molecule has 1 aliphatic rings. The van der Waals surface area contributed by atoms with Gasteiger partial charge in [-0.3, -0.25) is 4.79 Å². The maximum absolute atomic E-state index is 11.5. The van der Waals surface area contributed by atoms with Gasteiger partial charge in [-0.25, -0.2) is 0 Å². The average Bonchev–Trinajstić information content (AvgIpc) is 2.77. The fraction of sp³-hybridized carbons (Fsp3) is 0.462. The molecule has 86 valence electrons. The second kappa shape index (κ2) is 4.66. The summed E-state index contributed by atoms with van der Waals surface area (Å²) in [7, 11) is 1.74. The number of rotatable bonds is 3. The lowest BCUT2D eigenvalue weighted by Gasteiger charge is -2.20. The third kappa shape index (κ3) is 2.09. The SMILES string of the molecule is COC1CCN(c2ccccc2C(C)=O)C1. The molecule has 1 unspecified atom stereocenters. The number of benzene rings is 1. The van der Waals surface area contributed by atoms with Crippen molar-refractivity contribution in [1.82, 2.24) is 0 Å². The lowest BCUT2D eigenvalue weighted by atomic mass is 10.1. The number of methoxy groups -OCH3 is 1. The molecule has 1 saturated heterocycles. The highest BCUT2D eigenvalue weighted by atomic mass is 16.5. The quantitative estimate of drug-likeness (QED) is 0.729. The minimum absolute atomic E-state index is 0.122. The molecule has 2 rings (SSSR count). The Kier molecular flexibility index (Phi) is 3.25. The lowest BCUT2D eigenvalue weighted by molar-refractivity contribution is 0.101. The number of carbonyl (C=O) groups excluding carboxylic acids is 1. The van der Waals surface area contributed by atoms with Gasteiger partial charge in [-0.2, -0.15) is 0 Å². The van der Waals surface area contributed by atoms with E-state index in [1.165, 1.54) is 0 Å². The number of para-hydroxylation sites is 1. The predicted molar refractivity (Wildman–Crippen MR) is 64.1 cm³/mol. The van der Waals surface area contributed by atoms with Crippen molar-refractivity contribution in [2.24, 2.45) is 0 Å². The van der Waals surface area contributed by atoms with Crippen LogP contribution in [0.4, 0.5) is 5.69 Å². The molecule has 0 amide bonds. The van der Waals surface area contributed by atoms with Crippen molar-refractivity contribution in [1.29, 1.82) is 0 Å². The van der Waals surface area contributed by atoms with Crippen molar-refractivity contribution < 1.29 is 9.53 Å². The summed E-state index contributed by atoms with van der Waals surface area (Å²) in [5, 5.41) is 0. The maximum Gasteiger partial charge on any atom is 0.161 e. The van der Waals surface area contributed by atoms with Crippen LogP contribution in [0.3, 0.4) is 0 Å². The normalized spacial score (nSPS) is 20.1. The molecule has 1 fully saturated rings. The van der Waals surface area contributed by atoms with E-state index < -0.39 is 0 Å². The minimum Gasteiger partial charge on any atom is -0.380 e. The zero-order chi connectivity index (χ0) is 11.5. The Hall–Kier alpha value is -1.35. The van der Waals surface area contributed by atoms with Crippen molar-refractivity contribution >= 4 is 11.5 Å². The van der Waals surface area contributed by atoms with Crippen LogP contribution in [0.2, 0.25) is 0 Å². The van der Waals surface area contributed by atoms with Crippen LogP contribution >= 0.6 is 0 Å². The van der Waals surface area contributed by atoms with Gasteiger partial charge in [-0.15, -0.1) is 0 Å². The Morgan fingerprint density at radius 1 is 1.44 bits per heavy atom. The third-order valence-corrected chi connectivity index (χ3v) is 3.10. The summed E-state index contributed by atoms with van der Waals surface area (Å²) in [5.74, 6) is 0.122. The van der Waals surface area contributed by atoms with Gasteiger partial charge in [0.05, 0.1) is 6.10 Å². The lowest BCUT2D eigenvalue weighted by Crippen LogP contribution is -2.23. The smallest absolute Gasteiger partial charge is 0.161 e. The number of ketones is 1. The number of hydrogen-bond donors (Lipinski definition) is 0. The fourth-order valence-corrected chi connectivity index (χ4v) is 2.19. The topological polar surface area (TPSA) is 29.5 Å². The number of nitrogens with zero attached hydrogens (tertiary/aromatic N) is 1. The number of hydrogen-bond acceptors (Lipinski definition) is 3. The second-order valence-corrected chi connectivity index (χ2v) is 4.17. The highest BCUT2D eigenvalue weighted by Gasteiger charge is 2.24. The Labute approximate surface area is 96.0 Å². The van der Waals surface area contributed by atoms with Crippen LogP contribution in [-0.2, 0) is 4.74 Å². The van der Waals surface area contributed by atoms with E-state index in [0.717, 1.165) is 30.8 Å². The Morgan fingerprint density at radius 3 is 2.81 bits per heavy atom. The Balaban J connectivity index is 2.24. The summed E-state index contributed by atoms with van der Waals surface area (Å²) < 4.78 is 5.34. The molecule has 1 aliphatic heterocycles. The molecule has 0 saturated carbocycles. The third-order valence-electron chi connectivity index (χ3n) is 3.10. The van der Waals surface area contributed by atoms with E-state index in [-0.39, 0.29) is 5.78 Å². The number of carbonyl (C=O) groups is 1. The molecule has 1 heterocycles. The monoisotopic (exact) mass is 219 g/mol. The molecule has 0 aromatic heterocycles. The zero-order valence-corrected chi connectivity index (χ0v) is 9.77. The van der Waals surface area contributed by atoms with E-state index in [0.29, 0.717) is 6.10 Å². The van der Waals surface area contributed by atoms with E-state index in [4.69, 9.17) is 4.74 Å². The van der Waals surface area contributed by atoms with Gasteiger partial charge in [0, 0.05) is 31.5 Å². The Morgan fingerprint density at radius 2 is 2.19 bits per heavy atom. The van der Waals surface area contributed by atoms with E-state index in [9.17, 15) is 4.79 Å². The van der Waals surface area contributed by atoms with Crippen LogP contribution in [-0.4, -0.2) is 32.1 Å². The van der Waals surface area contributed by atoms with E-state index in [1.54, 1.807) is 14.0 Å². The standard InChI is InChI=1S/C13H17NO2/c1-10(15)12-5-3-4-6-13(12)14-8-7-11(9-14)16-2/h3-6,11H,7-9H2,1-2H3. The van der Waals surface area contributed by atoms with Crippen molar-refractivity contribution in [2.75, 3.05) is 25.1 Å². The largest absolute Gasteiger partial charge is 0.380 e. The molecule has 0 radical (unpaired) electrons. The highest BCUT2D eigenvalue weighted by Crippen LogP contribution is 2.25. The minimum atomic E-state index is 0.122. The van der Waals surface area contributed by atoms with Crippen LogP contribution in [0, 0.1) is 0 Å². The van der Waals surface area contributed by atoms with Crippen molar-refractivity contribution in [3.05, 3.63) is 29.8 Å². The molecule has 1 aromatic rings. The summed E-state index contributed by atoms with van der Waals surface area (Å²) in [6.07, 6.45) is 1.32. The van der Waals surface area contributed by atoms with Crippen molar-refractivity contribution in [3.8, 4) is 0 Å². The van der Waals surface area contributed by atoms with Gasteiger partial charge in [-0.05, 0) is 25.5 Å². The first-order valence-corrected chi connectivity index (χ1v) is 5.60. The number of anilines is 1. The van der Waals surface area contributed by atoms with Gasteiger partial charge in [0.2, 0.25) is 0 Å². The first-order chi connectivity index (χ1) is 7.72. The summed E-state index contributed by atoms with van der Waals surface area (Å²) in [6.45, 7) is 3.45. The average molecular weight is 219 g/mol. The van der Waals surface area contributed by atoms with Crippen LogP contribution < -0.4 is 4.90 Å². The Bertz CT molecular complexity index is 389. The van der Waals surface area contributed by atoms with Gasteiger partial charge >= 0.3 is 0 Å². The van der Waals surface area contributed by atoms with Gasteiger partial charge in [0.25, 0.3) is 0 Å². The van der Waals surface area contributed by atoms with E-state index in [2.05, 4.69) is 4.90 Å². The molecule has 16 heavy (non-hydrogen) atoms. The van der Waals surface area contributed by atoms with Gasteiger partial charge in [-0.1, -0.05) is 12.1 Å². The van der Waals surface area contributed by atoms with E-state index >= 15 is 0 Å². The van der Waals surface area contributed by atoms with Crippen molar-refractivity contribution in [3.63, 3.8) is 0 Å². The number of ether oxygens (including phenoxy) is 1. The highest BCUT2D eigenvalue weighted by molar-refractivity contribution is 5.99. The first kappa shape index (κ1) is 11.1. The zero-order valence-electron chi connectivity index (χ0n) is 9.77. The first-order valence-electron chi connectivity index (χ1n) is 5.60. The fourth-order valence-electron chi connectivity index (χ4n) is 2.19. The summed E-state index contributed by atoms with van der Waals surface area (Å²) in [4.78, 5) is 13.7. The molecule has 0 bridgehead atoms. The predicted octanol–water partition coefficient (Wildman–Crippen LogP) is 2.11. The van der Waals surface area contributed by atoms with E-state index in [1.807, 2.05) is 24.3 Å². The molecule has 1 aromatic carbocycles. The van der Waals surface area contributed by atoms with Crippen LogP contribution in [0.25, 0.3) is 0 Å². The summed E-state index contributed by atoms with van der Waals surface area (Å²) >= 11 is 0. The van der Waals surface area contributed by atoms with Crippen molar-refractivity contribution in [2.45, 2.75) is 19.4 Å². The van der Waals surface area contributed by atoms with Gasteiger partial charge < -0.3 is 9.64 Å². The molecule has 0 aliphatic carbocycles. The summed E-state index contributed by atoms with van der Waals surface area (Å²) in [5.41, 5.74) is 1.84. The molecule has 0 spiro atoms. The second-order valence-electron chi connectivity index (χ2n) is 4.17. The summed E-state index contributed by atoms with van der Waals surface area (Å²) in [6, 6.07) is 7.78. The number of Topliss-reactive ketones (excluding diaryl/α,β-unsaturated/α-hetero) is 1. The van der Waals surface area contributed by atoms with Gasteiger partial charge in [0.15, 0.2) is 5.78 Å². The molecule has 3 heteroatoms. The van der Waals surface area contributed by atoms with Gasteiger partial charge in [0.1, 0.15) is 0 Å². The van der Waals surface area contributed by atoms with Crippen LogP contribution in [0.15, 0.2) is 24.3 Å². The van der Waals surface area contributed by atoms with Crippen LogP contribution in [0.1, 0.15) is 23.7 Å². The molecule has 0 N–H and O–H groups in total. The maximum atomic E-state index is 11.5. The van der Waals surface area contributed by atoms with Crippen LogP contribution in [0.5, 0.6) is 0 Å². The molecular weight excluding hydrogens is 202 g/mol.